The molecule has 5 nitrogen and oxygen atoms in total. The Balaban J connectivity index is 1.73. The Morgan fingerprint density at radius 2 is 2.47 bits per heavy atom. The van der Waals surface area contributed by atoms with Crippen LogP contribution in [0.25, 0.3) is 0 Å². The second-order valence-electron chi connectivity index (χ2n) is 4.65. The Morgan fingerprint density at radius 3 is 3.00 bits per heavy atom. The summed E-state index contributed by atoms with van der Waals surface area (Å²) in [5.74, 6) is 0.622. The van der Waals surface area contributed by atoms with Crippen LogP contribution in [0.2, 0.25) is 0 Å². The van der Waals surface area contributed by atoms with Crippen molar-refractivity contribution in [3.63, 3.8) is 0 Å². The molecule has 1 aliphatic heterocycles. The van der Waals surface area contributed by atoms with Crippen LogP contribution >= 0.6 is 0 Å². The van der Waals surface area contributed by atoms with Gasteiger partial charge in [-0.2, -0.15) is 0 Å². The summed E-state index contributed by atoms with van der Waals surface area (Å²) in [7, 11) is 0. The normalized spacial score (nSPS) is 19.4. The molecule has 94 valence electrons. The highest BCUT2D eigenvalue weighted by molar-refractivity contribution is 5.77. The van der Waals surface area contributed by atoms with Crippen LogP contribution in [-0.4, -0.2) is 31.2 Å². The van der Waals surface area contributed by atoms with Gasteiger partial charge in [0.15, 0.2) is 0 Å². The zero-order valence-electron chi connectivity index (χ0n) is 10.2. The monoisotopic (exact) mass is 238 g/mol. The second-order valence-corrected chi connectivity index (χ2v) is 4.65. The molecule has 1 aromatic rings. The first-order valence-corrected chi connectivity index (χ1v) is 5.76. The van der Waals surface area contributed by atoms with Gasteiger partial charge in [0.05, 0.1) is 17.9 Å². The molecule has 1 aromatic heterocycles. The minimum atomic E-state index is -0.189. The summed E-state index contributed by atoms with van der Waals surface area (Å²) < 4.78 is 10.7. The zero-order chi connectivity index (χ0) is 12.3. The van der Waals surface area contributed by atoms with E-state index in [-0.39, 0.29) is 24.2 Å². The number of carbonyl (C=O) groups is 1. The van der Waals surface area contributed by atoms with Crippen molar-refractivity contribution < 1.29 is 13.9 Å². The van der Waals surface area contributed by atoms with E-state index in [2.05, 4.69) is 10.6 Å². The van der Waals surface area contributed by atoms with Crippen molar-refractivity contribution in [2.45, 2.75) is 25.5 Å². The van der Waals surface area contributed by atoms with Gasteiger partial charge in [0, 0.05) is 13.1 Å². The molecule has 0 aliphatic carbocycles. The highest BCUT2D eigenvalue weighted by Gasteiger charge is 2.33. The topological polar surface area (TPSA) is 63.5 Å². The van der Waals surface area contributed by atoms with Crippen molar-refractivity contribution in [3.8, 4) is 0 Å². The number of furan rings is 1. The van der Waals surface area contributed by atoms with E-state index in [0.29, 0.717) is 0 Å². The number of carbonyl (C=O) groups excluding carboxylic acids is 1. The van der Waals surface area contributed by atoms with E-state index < -0.39 is 0 Å². The van der Waals surface area contributed by atoms with Crippen molar-refractivity contribution >= 4 is 5.91 Å². The molecule has 1 amide bonds. The van der Waals surface area contributed by atoms with Crippen LogP contribution in [0.15, 0.2) is 22.8 Å². The maximum Gasteiger partial charge on any atom is 0.246 e. The van der Waals surface area contributed by atoms with Gasteiger partial charge in [-0.25, -0.2) is 0 Å². The number of ether oxygens (including phenoxy) is 1. The molecule has 2 N–H and O–H groups in total. The standard InChI is InChI=1S/C12H18N2O3/c1-9(10-4-3-5-16-10)14-11(15)6-17-12(2)7-13-8-12/h3-5,9,13H,6-8H2,1-2H3,(H,14,15)/t9-/m0/s1. The molecule has 5 heteroatoms. The van der Waals surface area contributed by atoms with Crippen LogP contribution in [0.5, 0.6) is 0 Å². The van der Waals surface area contributed by atoms with Gasteiger partial charge in [0.2, 0.25) is 5.91 Å². The lowest BCUT2D eigenvalue weighted by Crippen LogP contribution is -2.59. The number of amides is 1. The smallest absolute Gasteiger partial charge is 0.246 e. The molecular weight excluding hydrogens is 220 g/mol. The summed E-state index contributed by atoms with van der Waals surface area (Å²) >= 11 is 0. The van der Waals surface area contributed by atoms with Gasteiger partial charge in [0.25, 0.3) is 0 Å². The van der Waals surface area contributed by atoms with Crippen molar-refractivity contribution in [1.29, 1.82) is 0 Å². The molecule has 2 heterocycles. The molecule has 0 aromatic carbocycles. The second kappa shape index (κ2) is 4.89. The van der Waals surface area contributed by atoms with E-state index >= 15 is 0 Å². The van der Waals surface area contributed by atoms with Crippen molar-refractivity contribution in [1.82, 2.24) is 10.6 Å². The lowest BCUT2D eigenvalue weighted by atomic mass is 10.0. The van der Waals surface area contributed by atoms with E-state index in [1.54, 1.807) is 12.3 Å². The first kappa shape index (κ1) is 12.1. The van der Waals surface area contributed by atoms with Crippen LogP contribution < -0.4 is 10.6 Å². The molecule has 2 rings (SSSR count). The number of hydrogen-bond acceptors (Lipinski definition) is 4. The van der Waals surface area contributed by atoms with Gasteiger partial charge in [-0.15, -0.1) is 0 Å². The van der Waals surface area contributed by atoms with Crippen molar-refractivity contribution in [2.75, 3.05) is 19.7 Å². The molecule has 0 unspecified atom stereocenters. The van der Waals surface area contributed by atoms with Crippen LogP contribution in [0.3, 0.4) is 0 Å². The van der Waals surface area contributed by atoms with Gasteiger partial charge < -0.3 is 19.8 Å². The van der Waals surface area contributed by atoms with Crippen LogP contribution in [0.1, 0.15) is 25.6 Å². The number of rotatable bonds is 5. The van der Waals surface area contributed by atoms with Gasteiger partial charge >= 0.3 is 0 Å². The maximum absolute atomic E-state index is 11.6. The fraction of sp³-hybridized carbons (Fsp3) is 0.583. The predicted molar refractivity (Wildman–Crippen MR) is 62.5 cm³/mol. The summed E-state index contributed by atoms with van der Waals surface area (Å²) in [6.07, 6.45) is 1.59. The summed E-state index contributed by atoms with van der Waals surface area (Å²) in [6, 6.07) is 3.51. The fourth-order valence-corrected chi connectivity index (χ4v) is 1.71. The van der Waals surface area contributed by atoms with E-state index in [9.17, 15) is 4.79 Å². The molecule has 0 radical (unpaired) electrons. The quantitative estimate of drug-likeness (QED) is 0.797. The molecular formula is C12H18N2O3. The first-order valence-electron chi connectivity index (χ1n) is 5.76. The molecule has 0 spiro atoms. The van der Waals surface area contributed by atoms with E-state index in [0.717, 1.165) is 18.8 Å². The zero-order valence-corrected chi connectivity index (χ0v) is 10.2. The Labute approximate surface area is 101 Å². The van der Waals surface area contributed by atoms with Crippen LogP contribution in [-0.2, 0) is 9.53 Å². The van der Waals surface area contributed by atoms with E-state index in [1.165, 1.54) is 0 Å². The maximum atomic E-state index is 11.6. The van der Waals surface area contributed by atoms with Gasteiger partial charge in [-0.1, -0.05) is 0 Å². The Kier molecular flexibility index (Phi) is 3.49. The molecule has 1 fully saturated rings. The molecule has 0 saturated carbocycles. The Hall–Kier alpha value is -1.33. The predicted octanol–water partition coefficient (Wildman–Crippen LogP) is 0.835. The van der Waals surface area contributed by atoms with E-state index in [1.807, 2.05) is 19.9 Å². The summed E-state index contributed by atoms with van der Waals surface area (Å²) in [6.45, 7) is 5.56. The number of nitrogens with one attached hydrogen (secondary N) is 2. The van der Waals surface area contributed by atoms with Crippen LogP contribution in [0.4, 0.5) is 0 Å². The SMILES string of the molecule is C[C@H](NC(=O)COC1(C)CNC1)c1ccco1. The highest BCUT2D eigenvalue weighted by atomic mass is 16.5. The van der Waals surface area contributed by atoms with E-state index in [4.69, 9.17) is 9.15 Å². The average molecular weight is 238 g/mol. The first-order chi connectivity index (χ1) is 8.09. The summed E-state index contributed by atoms with van der Waals surface area (Å²) in [5, 5.41) is 5.94. The van der Waals surface area contributed by atoms with Crippen molar-refractivity contribution in [3.05, 3.63) is 24.2 Å². The Morgan fingerprint density at radius 1 is 1.71 bits per heavy atom. The number of hydrogen-bond donors (Lipinski definition) is 2. The minimum absolute atomic E-state index is 0.0865. The lowest BCUT2D eigenvalue weighted by Gasteiger charge is -2.38. The molecule has 1 atom stereocenters. The third-order valence-corrected chi connectivity index (χ3v) is 2.90. The molecule has 17 heavy (non-hydrogen) atoms. The fourth-order valence-electron chi connectivity index (χ4n) is 1.71. The minimum Gasteiger partial charge on any atom is -0.467 e. The van der Waals surface area contributed by atoms with Gasteiger partial charge in [-0.05, 0) is 26.0 Å². The molecule has 0 bridgehead atoms. The Bertz CT molecular complexity index is 371. The largest absolute Gasteiger partial charge is 0.467 e. The third kappa shape index (κ3) is 3.08. The van der Waals surface area contributed by atoms with Gasteiger partial charge in [0.1, 0.15) is 12.4 Å². The highest BCUT2D eigenvalue weighted by Crippen LogP contribution is 2.15. The molecule has 1 aliphatic rings. The van der Waals surface area contributed by atoms with Crippen molar-refractivity contribution in [2.24, 2.45) is 0 Å². The van der Waals surface area contributed by atoms with Gasteiger partial charge in [-0.3, -0.25) is 4.79 Å². The lowest BCUT2D eigenvalue weighted by molar-refractivity contribution is -0.136. The molecule has 1 saturated heterocycles. The third-order valence-electron chi connectivity index (χ3n) is 2.90. The summed E-state index contributed by atoms with van der Waals surface area (Å²) in [4.78, 5) is 11.6. The van der Waals surface area contributed by atoms with Crippen LogP contribution in [0, 0.1) is 0 Å². The average Bonchev–Trinajstić information content (AvgIpc) is 2.77. The summed E-state index contributed by atoms with van der Waals surface area (Å²) in [5.41, 5.74) is -0.189.